The Morgan fingerprint density at radius 1 is 1.24 bits per heavy atom. The van der Waals surface area contributed by atoms with Crippen molar-refractivity contribution >= 4 is 46.9 Å². The molecular formula is C18H24IN5S. The normalized spacial score (nSPS) is 11.4. The van der Waals surface area contributed by atoms with E-state index >= 15 is 0 Å². The number of nitrogens with zero attached hydrogens (tertiary/aromatic N) is 3. The first kappa shape index (κ1) is 19.7. The summed E-state index contributed by atoms with van der Waals surface area (Å²) >= 11 is 1.79. The van der Waals surface area contributed by atoms with E-state index < -0.39 is 0 Å². The van der Waals surface area contributed by atoms with Crippen LogP contribution in [-0.4, -0.2) is 28.4 Å². The SMILES string of the molecule is CCNC(=NCc1cn2c(C)cccc2n1)NCCc1cccs1.I. The number of thiophene rings is 1. The lowest BCUT2D eigenvalue weighted by Gasteiger charge is -2.10. The van der Waals surface area contributed by atoms with Crippen LogP contribution in [0.1, 0.15) is 23.2 Å². The van der Waals surface area contributed by atoms with Crippen LogP contribution in [0.3, 0.4) is 0 Å². The zero-order chi connectivity index (χ0) is 16.8. The summed E-state index contributed by atoms with van der Waals surface area (Å²) in [5.41, 5.74) is 3.12. The maximum absolute atomic E-state index is 4.65. The number of halogens is 1. The molecule has 7 heteroatoms. The number of rotatable bonds is 6. The van der Waals surface area contributed by atoms with Crippen LogP contribution in [0.2, 0.25) is 0 Å². The molecular weight excluding hydrogens is 445 g/mol. The van der Waals surface area contributed by atoms with Gasteiger partial charge in [0.25, 0.3) is 0 Å². The van der Waals surface area contributed by atoms with Gasteiger partial charge in [-0.1, -0.05) is 12.1 Å². The fourth-order valence-corrected chi connectivity index (χ4v) is 3.24. The molecule has 0 fully saturated rings. The molecule has 0 aromatic carbocycles. The molecule has 0 unspecified atom stereocenters. The lowest BCUT2D eigenvalue weighted by Crippen LogP contribution is -2.38. The van der Waals surface area contributed by atoms with Crippen LogP contribution < -0.4 is 10.6 Å². The second-order valence-corrected chi connectivity index (χ2v) is 6.61. The van der Waals surface area contributed by atoms with Crippen LogP contribution in [0.25, 0.3) is 5.65 Å². The summed E-state index contributed by atoms with van der Waals surface area (Å²) in [4.78, 5) is 10.7. The Kier molecular flexibility index (Phi) is 7.70. The van der Waals surface area contributed by atoms with Crippen molar-refractivity contribution in [1.29, 1.82) is 0 Å². The van der Waals surface area contributed by atoms with Crippen molar-refractivity contribution < 1.29 is 0 Å². The van der Waals surface area contributed by atoms with E-state index in [-0.39, 0.29) is 24.0 Å². The minimum atomic E-state index is 0. The number of imidazole rings is 1. The smallest absolute Gasteiger partial charge is 0.191 e. The molecule has 0 spiro atoms. The van der Waals surface area contributed by atoms with Crippen molar-refractivity contribution in [2.45, 2.75) is 26.8 Å². The van der Waals surface area contributed by atoms with Gasteiger partial charge in [-0.3, -0.25) is 0 Å². The number of aromatic nitrogens is 2. The van der Waals surface area contributed by atoms with Gasteiger partial charge in [0.05, 0.1) is 12.2 Å². The molecule has 5 nitrogen and oxygen atoms in total. The van der Waals surface area contributed by atoms with Gasteiger partial charge in [-0.05, 0) is 43.8 Å². The minimum Gasteiger partial charge on any atom is -0.357 e. The van der Waals surface area contributed by atoms with Gasteiger partial charge in [0.2, 0.25) is 0 Å². The third-order valence-corrected chi connectivity index (χ3v) is 4.67. The summed E-state index contributed by atoms with van der Waals surface area (Å²) in [6.45, 7) is 6.43. The molecule has 2 N–H and O–H groups in total. The zero-order valence-corrected chi connectivity index (χ0v) is 17.7. The molecule has 3 heterocycles. The van der Waals surface area contributed by atoms with Gasteiger partial charge in [0.1, 0.15) is 5.65 Å². The molecule has 3 aromatic rings. The van der Waals surface area contributed by atoms with E-state index in [0.29, 0.717) is 6.54 Å². The quantitative estimate of drug-likeness (QED) is 0.330. The Morgan fingerprint density at radius 2 is 2.12 bits per heavy atom. The van der Waals surface area contributed by atoms with Crippen molar-refractivity contribution in [3.63, 3.8) is 0 Å². The average molecular weight is 469 g/mol. The van der Waals surface area contributed by atoms with Crippen LogP contribution in [0, 0.1) is 6.92 Å². The molecule has 0 aliphatic carbocycles. The highest BCUT2D eigenvalue weighted by Crippen LogP contribution is 2.09. The van der Waals surface area contributed by atoms with E-state index in [1.807, 2.05) is 12.1 Å². The number of aliphatic imine (C=N–C) groups is 1. The second-order valence-electron chi connectivity index (χ2n) is 5.58. The van der Waals surface area contributed by atoms with Gasteiger partial charge in [-0.25, -0.2) is 9.98 Å². The summed E-state index contributed by atoms with van der Waals surface area (Å²) in [5.74, 6) is 0.836. The second kappa shape index (κ2) is 9.76. The van der Waals surface area contributed by atoms with Gasteiger partial charge < -0.3 is 15.0 Å². The van der Waals surface area contributed by atoms with Crippen molar-refractivity contribution in [2.24, 2.45) is 4.99 Å². The number of hydrogen-bond donors (Lipinski definition) is 2. The van der Waals surface area contributed by atoms with E-state index in [9.17, 15) is 0 Å². The van der Waals surface area contributed by atoms with Crippen LogP contribution in [0.5, 0.6) is 0 Å². The molecule has 134 valence electrons. The van der Waals surface area contributed by atoms with Crippen molar-refractivity contribution in [1.82, 2.24) is 20.0 Å². The maximum Gasteiger partial charge on any atom is 0.191 e. The highest BCUT2D eigenvalue weighted by atomic mass is 127. The fraction of sp³-hybridized carbons (Fsp3) is 0.333. The summed E-state index contributed by atoms with van der Waals surface area (Å²) in [5, 5.41) is 8.78. The predicted molar refractivity (Wildman–Crippen MR) is 116 cm³/mol. The number of aryl methyl sites for hydroxylation is 1. The maximum atomic E-state index is 4.65. The average Bonchev–Trinajstić information content (AvgIpc) is 3.22. The van der Waals surface area contributed by atoms with Crippen molar-refractivity contribution in [3.8, 4) is 0 Å². The number of nitrogens with one attached hydrogen (secondary N) is 2. The van der Waals surface area contributed by atoms with Crippen LogP contribution in [0.4, 0.5) is 0 Å². The Balaban J connectivity index is 0.00000225. The molecule has 0 amide bonds. The number of hydrogen-bond acceptors (Lipinski definition) is 3. The number of pyridine rings is 1. The van der Waals surface area contributed by atoms with Gasteiger partial charge >= 0.3 is 0 Å². The Labute approximate surface area is 169 Å². The largest absolute Gasteiger partial charge is 0.357 e. The number of fused-ring (bicyclic) bond motifs is 1. The first-order chi connectivity index (χ1) is 11.8. The molecule has 3 rings (SSSR count). The third-order valence-electron chi connectivity index (χ3n) is 3.73. The first-order valence-corrected chi connectivity index (χ1v) is 9.12. The zero-order valence-electron chi connectivity index (χ0n) is 14.5. The molecule has 25 heavy (non-hydrogen) atoms. The third kappa shape index (κ3) is 5.43. The van der Waals surface area contributed by atoms with E-state index in [2.05, 4.69) is 68.6 Å². The van der Waals surface area contributed by atoms with Crippen molar-refractivity contribution in [3.05, 3.63) is 58.2 Å². The summed E-state index contributed by atoms with van der Waals surface area (Å²) < 4.78 is 2.10. The summed E-state index contributed by atoms with van der Waals surface area (Å²) in [6.07, 6.45) is 3.07. The topological polar surface area (TPSA) is 53.7 Å². The van der Waals surface area contributed by atoms with Crippen LogP contribution in [-0.2, 0) is 13.0 Å². The highest BCUT2D eigenvalue weighted by molar-refractivity contribution is 14.0. The minimum absolute atomic E-state index is 0. The van der Waals surface area contributed by atoms with Gasteiger partial charge in [0.15, 0.2) is 5.96 Å². The molecule has 3 aromatic heterocycles. The lowest BCUT2D eigenvalue weighted by molar-refractivity contribution is 0.802. The standard InChI is InChI=1S/C18H23N5S.HI/c1-3-19-18(20-10-9-16-7-5-11-24-16)21-12-15-13-23-14(2)6-4-8-17(23)22-15;/h4-8,11,13H,3,9-10,12H2,1-2H3,(H2,19,20,21);1H. The molecule has 0 atom stereocenters. The van der Waals surface area contributed by atoms with Crippen molar-refractivity contribution in [2.75, 3.05) is 13.1 Å². The fourth-order valence-electron chi connectivity index (χ4n) is 2.54. The molecule has 0 saturated heterocycles. The van der Waals surface area contributed by atoms with Gasteiger partial charge in [-0.2, -0.15) is 0 Å². The Hall–Kier alpha value is -1.61. The van der Waals surface area contributed by atoms with Crippen LogP contribution in [0.15, 0.2) is 46.9 Å². The Morgan fingerprint density at radius 3 is 2.84 bits per heavy atom. The van der Waals surface area contributed by atoms with E-state index in [4.69, 9.17) is 0 Å². The van der Waals surface area contributed by atoms with Gasteiger partial charge in [-0.15, -0.1) is 35.3 Å². The molecule has 0 bridgehead atoms. The first-order valence-electron chi connectivity index (χ1n) is 8.24. The monoisotopic (exact) mass is 469 g/mol. The highest BCUT2D eigenvalue weighted by Gasteiger charge is 2.04. The van der Waals surface area contributed by atoms with E-state index in [1.165, 1.54) is 10.6 Å². The van der Waals surface area contributed by atoms with E-state index in [0.717, 1.165) is 36.8 Å². The predicted octanol–water partition coefficient (Wildman–Crippen LogP) is 3.62. The molecule has 0 aliphatic rings. The summed E-state index contributed by atoms with van der Waals surface area (Å²) in [7, 11) is 0. The Bertz CT molecular complexity index is 810. The molecule has 0 aliphatic heterocycles. The summed E-state index contributed by atoms with van der Waals surface area (Å²) in [6, 6.07) is 10.4. The molecule has 0 saturated carbocycles. The van der Waals surface area contributed by atoms with Gasteiger partial charge in [0, 0.05) is 29.9 Å². The lowest BCUT2D eigenvalue weighted by atomic mass is 10.3. The van der Waals surface area contributed by atoms with E-state index in [1.54, 1.807) is 11.3 Å². The molecule has 0 radical (unpaired) electrons. The van der Waals surface area contributed by atoms with Crippen LogP contribution >= 0.6 is 35.3 Å². The number of guanidine groups is 1.